The first-order valence-electron chi connectivity index (χ1n) is 8.78. The summed E-state index contributed by atoms with van der Waals surface area (Å²) in [5, 5.41) is 3.15. The van der Waals surface area contributed by atoms with Crippen molar-refractivity contribution in [3.05, 3.63) is 36.2 Å². The highest BCUT2D eigenvalue weighted by molar-refractivity contribution is 5.89. The molecule has 0 fully saturated rings. The van der Waals surface area contributed by atoms with E-state index in [1.807, 2.05) is 19.3 Å². The molecule has 0 saturated heterocycles. The molecule has 7 nitrogen and oxygen atoms in total. The third-order valence-corrected chi connectivity index (χ3v) is 4.68. The van der Waals surface area contributed by atoms with E-state index in [2.05, 4.69) is 41.4 Å². The number of alkyl halides is 3. The number of pyridine rings is 1. The standard InChI is InChI=1S/C18H19F3N6O/c1-11-9-27-6-5-13-15(27)16(26(11)2)25-17(24-13)23-8-12-3-4-14(22-7-12)28-10-18(19,20)21/h3-7,11H,8-10H2,1-2H3,(H,23,24,25). The lowest BCUT2D eigenvalue weighted by Crippen LogP contribution is -2.37. The fraction of sp³-hybridized carbons (Fsp3) is 0.389. The van der Waals surface area contributed by atoms with Crippen LogP contribution in [0, 0.1) is 0 Å². The van der Waals surface area contributed by atoms with Crippen LogP contribution in [0.3, 0.4) is 0 Å². The van der Waals surface area contributed by atoms with Crippen LogP contribution in [0.15, 0.2) is 30.6 Å². The number of nitrogens with zero attached hydrogens (tertiary/aromatic N) is 5. The van der Waals surface area contributed by atoms with Crippen molar-refractivity contribution in [2.24, 2.45) is 0 Å². The van der Waals surface area contributed by atoms with Crippen LogP contribution in [0.25, 0.3) is 11.0 Å². The van der Waals surface area contributed by atoms with Gasteiger partial charge in [-0.25, -0.2) is 9.97 Å². The highest BCUT2D eigenvalue weighted by Crippen LogP contribution is 2.31. The topological polar surface area (TPSA) is 68.1 Å². The molecule has 0 radical (unpaired) electrons. The maximum atomic E-state index is 12.2. The Kier molecular flexibility index (Phi) is 4.48. The summed E-state index contributed by atoms with van der Waals surface area (Å²) in [5.41, 5.74) is 2.65. The summed E-state index contributed by atoms with van der Waals surface area (Å²) in [4.78, 5) is 15.2. The molecule has 0 saturated carbocycles. The zero-order valence-electron chi connectivity index (χ0n) is 15.4. The first-order chi connectivity index (χ1) is 13.3. The molecule has 1 aliphatic rings. The zero-order valence-corrected chi connectivity index (χ0v) is 15.4. The number of halogens is 3. The van der Waals surface area contributed by atoms with E-state index >= 15 is 0 Å². The smallest absolute Gasteiger partial charge is 0.422 e. The molecule has 3 aromatic heterocycles. The number of anilines is 2. The lowest BCUT2D eigenvalue weighted by Gasteiger charge is -2.32. The van der Waals surface area contributed by atoms with Gasteiger partial charge in [-0.1, -0.05) is 6.07 Å². The fourth-order valence-corrected chi connectivity index (χ4v) is 3.12. The van der Waals surface area contributed by atoms with Crippen LogP contribution < -0.4 is 15.0 Å². The molecule has 1 atom stereocenters. The number of aromatic nitrogens is 4. The number of ether oxygens (including phenoxy) is 1. The molecule has 3 aromatic rings. The first kappa shape index (κ1) is 18.3. The molecule has 4 rings (SSSR count). The van der Waals surface area contributed by atoms with Gasteiger partial charge in [0.25, 0.3) is 0 Å². The van der Waals surface area contributed by atoms with Gasteiger partial charge in [0, 0.05) is 44.6 Å². The summed E-state index contributed by atoms with van der Waals surface area (Å²) in [5.74, 6) is 1.28. The second kappa shape index (κ2) is 6.84. The van der Waals surface area contributed by atoms with Crippen LogP contribution in [0.5, 0.6) is 5.88 Å². The summed E-state index contributed by atoms with van der Waals surface area (Å²) >= 11 is 0. The minimum atomic E-state index is -4.39. The lowest BCUT2D eigenvalue weighted by molar-refractivity contribution is -0.154. The van der Waals surface area contributed by atoms with E-state index in [4.69, 9.17) is 0 Å². The SMILES string of the molecule is CC1Cn2ccc3nc(NCc4ccc(OCC(F)(F)F)nc4)nc(c32)N1C. The average Bonchev–Trinajstić information content (AvgIpc) is 3.06. The van der Waals surface area contributed by atoms with Crippen molar-refractivity contribution in [3.8, 4) is 5.88 Å². The molecular formula is C18H19F3N6O. The van der Waals surface area contributed by atoms with E-state index in [0.717, 1.165) is 29.0 Å². The van der Waals surface area contributed by atoms with E-state index in [0.29, 0.717) is 18.5 Å². The van der Waals surface area contributed by atoms with Crippen molar-refractivity contribution < 1.29 is 17.9 Å². The average molecular weight is 392 g/mol. The van der Waals surface area contributed by atoms with Gasteiger partial charge in [-0.3, -0.25) is 0 Å². The van der Waals surface area contributed by atoms with Crippen molar-refractivity contribution >= 4 is 22.8 Å². The molecular weight excluding hydrogens is 373 g/mol. The van der Waals surface area contributed by atoms with Gasteiger partial charge in [0.15, 0.2) is 12.4 Å². The molecule has 1 unspecified atom stereocenters. The van der Waals surface area contributed by atoms with Crippen molar-refractivity contribution in [3.63, 3.8) is 0 Å². The number of hydrogen-bond acceptors (Lipinski definition) is 6. The van der Waals surface area contributed by atoms with Crippen LogP contribution in [0.4, 0.5) is 24.9 Å². The van der Waals surface area contributed by atoms with E-state index < -0.39 is 12.8 Å². The largest absolute Gasteiger partial charge is 0.468 e. The molecule has 1 aliphatic heterocycles. The van der Waals surface area contributed by atoms with Crippen LogP contribution in [-0.2, 0) is 13.1 Å². The summed E-state index contributed by atoms with van der Waals surface area (Å²) in [6.07, 6.45) is -0.909. The first-order valence-corrected chi connectivity index (χ1v) is 8.78. The van der Waals surface area contributed by atoms with Crippen molar-refractivity contribution in [1.29, 1.82) is 0 Å². The molecule has 4 heterocycles. The molecule has 0 aliphatic carbocycles. The lowest BCUT2D eigenvalue weighted by atomic mass is 10.2. The number of hydrogen-bond donors (Lipinski definition) is 1. The second-order valence-electron chi connectivity index (χ2n) is 6.79. The van der Waals surface area contributed by atoms with E-state index in [9.17, 15) is 13.2 Å². The van der Waals surface area contributed by atoms with Crippen LogP contribution >= 0.6 is 0 Å². The Balaban J connectivity index is 1.46. The Morgan fingerprint density at radius 3 is 2.79 bits per heavy atom. The quantitative estimate of drug-likeness (QED) is 0.719. The zero-order chi connectivity index (χ0) is 19.9. The highest BCUT2D eigenvalue weighted by atomic mass is 19.4. The Morgan fingerprint density at radius 2 is 2.07 bits per heavy atom. The molecule has 28 heavy (non-hydrogen) atoms. The Hall–Kier alpha value is -3.04. The third kappa shape index (κ3) is 3.67. The van der Waals surface area contributed by atoms with E-state index in [1.165, 1.54) is 12.3 Å². The minimum absolute atomic E-state index is 0.0693. The molecule has 0 spiro atoms. The Labute approximate surface area is 159 Å². The molecule has 0 aromatic carbocycles. The van der Waals surface area contributed by atoms with Gasteiger partial charge in [-0.15, -0.1) is 0 Å². The van der Waals surface area contributed by atoms with Gasteiger partial charge in [-0.05, 0) is 18.6 Å². The van der Waals surface area contributed by atoms with E-state index in [-0.39, 0.29) is 5.88 Å². The monoisotopic (exact) mass is 392 g/mol. The predicted octanol–water partition coefficient (Wildman–Crippen LogP) is 3.22. The second-order valence-corrected chi connectivity index (χ2v) is 6.79. The maximum absolute atomic E-state index is 12.2. The van der Waals surface area contributed by atoms with Crippen molar-refractivity contribution in [2.75, 3.05) is 23.9 Å². The number of rotatable bonds is 5. The van der Waals surface area contributed by atoms with E-state index in [1.54, 1.807) is 6.07 Å². The van der Waals surface area contributed by atoms with Gasteiger partial charge < -0.3 is 19.5 Å². The molecule has 0 bridgehead atoms. The normalized spacial score (nSPS) is 16.5. The highest BCUT2D eigenvalue weighted by Gasteiger charge is 2.28. The van der Waals surface area contributed by atoms with Gasteiger partial charge in [0.2, 0.25) is 11.8 Å². The molecule has 148 valence electrons. The molecule has 10 heteroatoms. The Morgan fingerprint density at radius 1 is 1.25 bits per heavy atom. The predicted molar refractivity (Wildman–Crippen MR) is 98.5 cm³/mol. The van der Waals surface area contributed by atoms with Crippen molar-refractivity contribution in [1.82, 2.24) is 19.5 Å². The fourth-order valence-electron chi connectivity index (χ4n) is 3.12. The Bertz CT molecular complexity index is 985. The third-order valence-electron chi connectivity index (χ3n) is 4.68. The van der Waals surface area contributed by atoms with Crippen LogP contribution in [0.1, 0.15) is 12.5 Å². The number of likely N-dealkylation sites (N-methyl/N-ethyl adjacent to an activating group) is 1. The summed E-state index contributed by atoms with van der Waals surface area (Å²) in [6.45, 7) is 2.05. The van der Waals surface area contributed by atoms with Crippen LogP contribution in [0.2, 0.25) is 0 Å². The number of nitrogens with one attached hydrogen (secondary N) is 1. The summed E-state index contributed by atoms with van der Waals surface area (Å²) in [7, 11) is 2.01. The summed E-state index contributed by atoms with van der Waals surface area (Å²) < 4.78 is 43.3. The van der Waals surface area contributed by atoms with Gasteiger partial charge in [0.05, 0.1) is 5.52 Å². The van der Waals surface area contributed by atoms with Gasteiger partial charge in [-0.2, -0.15) is 18.2 Å². The molecule has 0 amide bonds. The molecule has 1 N–H and O–H groups in total. The maximum Gasteiger partial charge on any atom is 0.422 e. The summed E-state index contributed by atoms with van der Waals surface area (Å²) in [6, 6.07) is 5.34. The van der Waals surface area contributed by atoms with Gasteiger partial charge in [0.1, 0.15) is 5.52 Å². The van der Waals surface area contributed by atoms with Gasteiger partial charge >= 0.3 is 6.18 Å². The van der Waals surface area contributed by atoms with Crippen molar-refractivity contribution in [2.45, 2.75) is 32.2 Å². The van der Waals surface area contributed by atoms with Crippen LogP contribution in [-0.4, -0.2) is 45.4 Å². The minimum Gasteiger partial charge on any atom is -0.468 e.